The fourth-order valence-corrected chi connectivity index (χ4v) is 2.59. The SMILES string of the molecule is CCCCCCCCC(NCC)c1ccncc1OC. The molecule has 3 heteroatoms. The molecule has 114 valence electrons. The van der Waals surface area contributed by atoms with Crippen molar-refractivity contribution in [1.82, 2.24) is 10.3 Å². The Balaban J connectivity index is 2.47. The molecule has 1 aromatic heterocycles. The molecule has 0 amide bonds. The topological polar surface area (TPSA) is 34.2 Å². The molecule has 1 aromatic rings. The molecule has 1 atom stereocenters. The Bertz CT molecular complexity index is 355. The van der Waals surface area contributed by atoms with Crippen molar-refractivity contribution in [3.8, 4) is 5.75 Å². The number of methoxy groups -OCH3 is 1. The molecule has 0 saturated carbocycles. The molecule has 0 aliphatic carbocycles. The molecular weight excluding hydrogens is 248 g/mol. The van der Waals surface area contributed by atoms with Gasteiger partial charge in [-0.3, -0.25) is 4.98 Å². The number of ether oxygens (including phenoxy) is 1. The number of rotatable bonds is 11. The highest BCUT2D eigenvalue weighted by Gasteiger charge is 2.14. The molecule has 3 nitrogen and oxygen atoms in total. The molecule has 0 saturated heterocycles. The molecule has 0 spiro atoms. The van der Waals surface area contributed by atoms with Crippen molar-refractivity contribution < 1.29 is 4.74 Å². The molecule has 0 aliphatic heterocycles. The summed E-state index contributed by atoms with van der Waals surface area (Å²) in [4.78, 5) is 4.14. The third kappa shape index (κ3) is 5.91. The van der Waals surface area contributed by atoms with Crippen LogP contribution in [-0.2, 0) is 0 Å². The van der Waals surface area contributed by atoms with Crippen LogP contribution in [0.4, 0.5) is 0 Å². The summed E-state index contributed by atoms with van der Waals surface area (Å²) in [5.41, 5.74) is 1.23. The molecule has 20 heavy (non-hydrogen) atoms. The van der Waals surface area contributed by atoms with Crippen molar-refractivity contribution in [3.05, 3.63) is 24.0 Å². The second-order valence-corrected chi connectivity index (χ2v) is 5.28. The van der Waals surface area contributed by atoms with Gasteiger partial charge in [0.15, 0.2) is 0 Å². The quantitative estimate of drug-likeness (QED) is 0.605. The monoisotopic (exact) mass is 278 g/mol. The van der Waals surface area contributed by atoms with Crippen LogP contribution in [0.2, 0.25) is 0 Å². The summed E-state index contributed by atoms with van der Waals surface area (Å²) in [7, 11) is 1.72. The van der Waals surface area contributed by atoms with E-state index in [9.17, 15) is 0 Å². The Labute approximate surface area is 124 Å². The molecule has 0 fully saturated rings. The second-order valence-electron chi connectivity index (χ2n) is 5.28. The van der Waals surface area contributed by atoms with Crippen molar-refractivity contribution in [2.45, 2.75) is 64.8 Å². The maximum atomic E-state index is 5.43. The van der Waals surface area contributed by atoms with Gasteiger partial charge in [-0.25, -0.2) is 0 Å². The van der Waals surface area contributed by atoms with Crippen LogP contribution < -0.4 is 10.1 Å². The summed E-state index contributed by atoms with van der Waals surface area (Å²) in [5, 5.41) is 3.57. The average molecular weight is 278 g/mol. The maximum Gasteiger partial charge on any atom is 0.141 e. The van der Waals surface area contributed by atoms with Crippen LogP contribution in [-0.4, -0.2) is 18.6 Å². The normalized spacial score (nSPS) is 12.3. The number of aromatic nitrogens is 1. The molecule has 0 radical (unpaired) electrons. The number of hydrogen-bond acceptors (Lipinski definition) is 3. The fourth-order valence-electron chi connectivity index (χ4n) is 2.59. The summed E-state index contributed by atoms with van der Waals surface area (Å²) in [5.74, 6) is 0.893. The van der Waals surface area contributed by atoms with Crippen LogP contribution in [0, 0.1) is 0 Å². The van der Waals surface area contributed by atoms with E-state index in [4.69, 9.17) is 4.74 Å². The van der Waals surface area contributed by atoms with E-state index in [0.29, 0.717) is 6.04 Å². The lowest BCUT2D eigenvalue weighted by Gasteiger charge is -2.20. The first-order chi connectivity index (χ1) is 9.83. The molecule has 0 bridgehead atoms. The number of hydrogen-bond donors (Lipinski definition) is 1. The Morgan fingerprint density at radius 3 is 2.60 bits per heavy atom. The first-order valence-electron chi connectivity index (χ1n) is 8.04. The van der Waals surface area contributed by atoms with E-state index < -0.39 is 0 Å². The lowest BCUT2D eigenvalue weighted by molar-refractivity contribution is 0.391. The highest BCUT2D eigenvalue weighted by molar-refractivity contribution is 5.32. The van der Waals surface area contributed by atoms with Crippen molar-refractivity contribution in [2.75, 3.05) is 13.7 Å². The van der Waals surface area contributed by atoms with Gasteiger partial charge in [-0.15, -0.1) is 0 Å². The molecule has 1 rings (SSSR count). The first kappa shape index (κ1) is 17.0. The van der Waals surface area contributed by atoms with Gasteiger partial charge in [0.05, 0.1) is 13.3 Å². The summed E-state index contributed by atoms with van der Waals surface area (Å²) in [6.07, 6.45) is 12.8. The number of unbranched alkanes of at least 4 members (excludes halogenated alkanes) is 5. The summed E-state index contributed by atoms with van der Waals surface area (Å²) >= 11 is 0. The van der Waals surface area contributed by atoms with Gasteiger partial charge in [-0.1, -0.05) is 52.4 Å². The molecular formula is C17H30N2O. The molecule has 1 N–H and O–H groups in total. The highest BCUT2D eigenvalue weighted by Crippen LogP contribution is 2.27. The lowest BCUT2D eigenvalue weighted by atomic mass is 9.99. The standard InChI is InChI=1S/C17H30N2O/c1-4-6-7-8-9-10-11-16(19-5-2)15-12-13-18-14-17(15)20-3/h12-14,16,19H,4-11H2,1-3H3. The molecule has 1 heterocycles. The highest BCUT2D eigenvalue weighted by atomic mass is 16.5. The van der Waals surface area contributed by atoms with Crippen molar-refractivity contribution in [3.63, 3.8) is 0 Å². The summed E-state index contributed by atoms with van der Waals surface area (Å²) in [6.45, 7) is 5.39. The van der Waals surface area contributed by atoms with E-state index in [0.717, 1.165) is 12.3 Å². The van der Waals surface area contributed by atoms with E-state index in [1.54, 1.807) is 13.3 Å². The van der Waals surface area contributed by atoms with Crippen LogP contribution in [0.3, 0.4) is 0 Å². The largest absolute Gasteiger partial charge is 0.495 e. The average Bonchev–Trinajstić information content (AvgIpc) is 2.49. The predicted molar refractivity (Wildman–Crippen MR) is 85.2 cm³/mol. The van der Waals surface area contributed by atoms with Gasteiger partial charge in [0.2, 0.25) is 0 Å². The zero-order valence-electron chi connectivity index (χ0n) is 13.3. The van der Waals surface area contributed by atoms with Crippen molar-refractivity contribution in [1.29, 1.82) is 0 Å². The van der Waals surface area contributed by atoms with Gasteiger partial charge >= 0.3 is 0 Å². The molecule has 1 unspecified atom stereocenters. The minimum absolute atomic E-state index is 0.379. The van der Waals surface area contributed by atoms with E-state index in [2.05, 4.69) is 30.2 Å². The van der Waals surface area contributed by atoms with E-state index in [1.165, 1.54) is 50.5 Å². The van der Waals surface area contributed by atoms with E-state index >= 15 is 0 Å². The van der Waals surface area contributed by atoms with E-state index in [-0.39, 0.29) is 0 Å². The fraction of sp³-hybridized carbons (Fsp3) is 0.706. The maximum absolute atomic E-state index is 5.43. The summed E-state index contributed by atoms with van der Waals surface area (Å²) < 4.78 is 5.43. The van der Waals surface area contributed by atoms with Crippen LogP contribution >= 0.6 is 0 Å². The molecule has 0 aliphatic rings. The van der Waals surface area contributed by atoms with Gasteiger partial charge in [-0.05, 0) is 19.0 Å². The number of pyridine rings is 1. The second kappa shape index (κ2) is 10.7. The number of nitrogens with zero attached hydrogens (tertiary/aromatic N) is 1. The Morgan fingerprint density at radius 1 is 1.15 bits per heavy atom. The van der Waals surface area contributed by atoms with Gasteiger partial charge in [0, 0.05) is 17.8 Å². The van der Waals surface area contributed by atoms with Crippen LogP contribution in [0.5, 0.6) is 5.75 Å². The van der Waals surface area contributed by atoms with Crippen LogP contribution in [0.1, 0.15) is 70.4 Å². The zero-order chi connectivity index (χ0) is 14.6. The number of nitrogens with one attached hydrogen (secondary N) is 1. The first-order valence-corrected chi connectivity index (χ1v) is 8.04. The van der Waals surface area contributed by atoms with Crippen LogP contribution in [0.25, 0.3) is 0 Å². The van der Waals surface area contributed by atoms with Gasteiger partial charge in [-0.2, -0.15) is 0 Å². The van der Waals surface area contributed by atoms with Gasteiger partial charge < -0.3 is 10.1 Å². The van der Waals surface area contributed by atoms with E-state index in [1.807, 2.05) is 6.20 Å². The van der Waals surface area contributed by atoms with Gasteiger partial charge in [0.25, 0.3) is 0 Å². The third-order valence-corrected chi connectivity index (χ3v) is 3.71. The summed E-state index contributed by atoms with van der Waals surface area (Å²) in [6, 6.07) is 2.45. The zero-order valence-corrected chi connectivity index (χ0v) is 13.3. The molecule has 0 aromatic carbocycles. The Hall–Kier alpha value is -1.09. The minimum Gasteiger partial charge on any atom is -0.495 e. The third-order valence-electron chi connectivity index (χ3n) is 3.71. The Morgan fingerprint density at radius 2 is 1.90 bits per heavy atom. The van der Waals surface area contributed by atoms with Gasteiger partial charge in [0.1, 0.15) is 5.75 Å². The minimum atomic E-state index is 0.379. The van der Waals surface area contributed by atoms with Crippen LogP contribution in [0.15, 0.2) is 18.5 Å². The smallest absolute Gasteiger partial charge is 0.141 e. The Kier molecular flexibility index (Phi) is 9.05. The van der Waals surface area contributed by atoms with Crippen molar-refractivity contribution in [2.24, 2.45) is 0 Å². The lowest BCUT2D eigenvalue weighted by Crippen LogP contribution is -2.21. The van der Waals surface area contributed by atoms with Crippen molar-refractivity contribution >= 4 is 0 Å². The predicted octanol–water partition coefficient (Wildman–Crippen LogP) is 4.49.